The zero-order valence-electron chi connectivity index (χ0n) is 17.7. The number of esters is 1. The highest BCUT2D eigenvalue weighted by Crippen LogP contribution is 2.27. The second-order valence-corrected chi connectivity index (χ2v) is 6.31. The number of methoxy groups -OCH3 is 1. The van der Waals surface area contributed by atoms with Crippen molar-refractivity contribution in [3.63, 3.8) is 0 Å². The van der Waals surface area contributed by atoms with Crippen LogP contribution in [-0.4, -0.2) is 44.7 Å². The normalized spacial score (nSPS) is 10.0. The van der Waals surface area contributed by atoms with Crippen molar-refractivity contribution in [1.29, 1.82) is 0 Å². The first kappa shape index (κ1) is 23.5. The lowest BCUT2D eigenvalue weighted by Gasteiger charge is -2.12. The average molecular weight is 430 g/mol. The van der Waals surface area contributed by atoms with Gasteiger partial charge in [0.25, 0.3) is 5.91 Å². The standard InChI is InChI=1S/C22H26N2O7/c1-4-29-17-6-8-18(9-7-17)30-12-11-22(27)31-14-21(26)24-19-13-16(23-15(2)25)5-10-20(19)28-3/h5-10,13H,4,11-12,14H2,1-3H3,(H,23,25)(H,24,26). The largest absolute Gasteiger partial charge is 0.495 e. The maximum Gasteiger partial charge on any atom is 0.309 e. The molecule has 0 atom stereocenters. The summed E-state index contributed by atoms with van der Waals surface area (Å²) in [4.78, 5) is 35.2. The fourth-order valence-corrected chi connectivity index (χ4v) is 2.54. The Morgan fingerprint density at radius 2 is 1.61 bits per heavy atom. The van der Waals surface area contributed by atoms with E-state index in [0.717, 1.165) is 5.75 Å². The van der Waals surface area contributed by atoms with Gasteiger partial charge in [0.1, 0.15) is 17.2 Å². The van der Waals surface area contributed by atoms with Crippen LogP contribution < -0.4 is 24.8 Å². The predicted molar refractivity (Wildman–Crippen MR) is 115 cm³/mol. The third kappa shape index (κ3) is 8.25. The van der Waals surface area contributed by atoms with E-state index in [2.05, 4.69) is 10.6 Å². The maximum absolute atomic E-state index is 12.1. The molecule has 0 aliphatic heterocycles. The first-order valence-electron chi connectivity index (χ1n) is 9.68. The van der Waals surface area contributed by atoms with Crippen LogP contribution in [0, 0.1) is 0 Å². The van der Waals surface area contributed by atoms with Gasteiger partial charge in [-0.3, -0.25) is 14.4 Å². The summed E-state index contributed by atoms with van der Waals surface area (Å²) in [6.45, 7) is 3.50. The van der Waals surface area contributed by atoms with Gasteiger partial charge in [-0.1, -0.05) is 0 Å². The highest BCUT2D eigenvalue weighted by Gasteiger charge is 2.12. The van der Waals surface area contributed by atoms with Gasteiger partial charge in [-0.25, -0.2) is 0 Å². The Balaban J connectivity index is 1.76. The number of nitrogens with one attached hydrogen (secondary N) is 2. The fraction of sp³-hybridized carbons (Fsp3) is 0.318. The van der Waals surface area contributed by atoms with E-state index < -0.39 is 18.5 Å². The highest BCUT2D eigenvalue weighted by atomic mass is 16.5. The summed E-state index contributed by atoms with van der Waals surface area (Å²) in [6, 6.07) is 11.8. The molecule has 2 aromatic carbocycles. The molecule has 2 rings (SSSR count). The van der Waals surface area contributed by atoms with Crippen LogP contribution in [0.2, 0.25) is 0 Å². The van der Waals surface area contributed by atoms with Crippen LogP contribution in [0.25, 0.3) is 0 Å². The summed E-state index contributed by atoms with van der Waals surface area (Å²) in [5.74, 6) is 0.375. The van der Waals surface area contributed by atoms with Crippen LogP contribution >= 0.6 is 0 Å². The summed E-state index contributed by atoms with van der Waals surface area (Å²) in [5.41, 5.74) is 0.834. The van der Waals surface area contributed by atoms with Crippen molar-refractivity contribution in [2.24, 2.45) is 0 Å². The first-order chi connectivity index (χ1) is 14.9. The molecule has 0 bridgehead atoms. The number of anilines is 2. The lowest BCUT2D eigenvalue weighted by Crippen LogP contribution is -2.22. The molecule has 2 amide bonds. The van der Waals surface area contributed by atoms with Gasteiger partial charge in [0.15, 0.2) is 6.61 Å². The Kier molecular flexibility index (Phi) is 9.15. The van der Waals surface area contributed by atoms with Crippen molar-refractivity contribution in [2.75, 3.05) is 37.6 Å². The zero-order valence-corrected chi connectivity index (χ0v) is 17.7. The number of ether oxygens (including phenoxy) is 4. The monoisotopic (exact) mass is 430 g/mol. The zero-order chi connectivity index (χ0) is 22.6. The molecular weight excluding hydrogens is 404 g/mol. The van der Waals surface area contributed by atoms with Gasteiger partial charge in [0.2, 0.25) is 5.91 Å². The summed E-state index contributed by atoms with van der Waals surface area (Å²) in [7, 11) is 1.45. The molecule has 0 spiro atoms. The van der Waals surface area contributed by atoms with Crippen molar-refractivity contribution >= 4 is 29.2 Å². The molecular formula is C22H26N2O7. The average Bonchev–Trinajstić information content (AvgIpc) is 2.73. The molecule has 0 saturated heterocycles. The van der Waals surface area contributed by atoms with Gasteiger partial charge >= 0.3 is 5.97 Å². The van der Waals surface area contributed by atoms with E-state index in [0.29, 0.717) is 29.5 Å². The summed E-state index contributed by atoms with van der Waals surface area (Å²) in [5, 5.41) is 5.21. The molecule has 0 aromatic heterocycles. The maximum atomic E-state index is 12.1. The van der Waals surface area contributed by atoms with Crippen molar-refractivity contribution in [3.8, 4) is 17.2 Å². The van der Waals surface area contributed by atoms with Crippen LogP contribution in [-0.2, 0) is 19.1 Å². The molecule has 0 fully saturated rings. The Bertz CT molecular complexity index is 897. The van der Waals surface area contributed by atoms with E-state index in [9.17, 15) is 14.4 Å². The predicted octanol–water partition coefficient (Wildman–Crippen LogP) is 3.00. The van der Waals surface area contributed by atoms with Crippen molar-refractivity contribution in [3.05, 3.63) is 42.5 Å². The Labute approximate surface area is 180 Å². The summed E-state index contributed by atoms with van der Waals surface area (Å²) in [6.07, 6.45) is -0.0121. The third-order valence-electron chi connectivity index (χ3n) is 3.87. The van der Waals surface area contributed by atoms with Gasteiger partial charge in [-0.05, 0) is 49.4 Å². The quantitative estimate of drug-likeness (QED) is 0.527. The molecule has 0 aliphatic rings. The smallest absolute Gasteiger partial charge is 0.309 e. The van der Waals surface area contributed by atoms with E-state index in [1.54, 1.807) is 42.5 Å². The summed E-state index contributed by atoms with van der Waals surface area (Å²) < 4.78 is 21.0. The van der Waals surface area contributed by atoms with Crippen LogP contribution in [0.15, 0.2) is 42.5 Å². The minimum Gasteiger partial charge on any atom is -0.495 e. The Morgan fingerprint density at radius 3 is 2.23 bits per heavy atom. The first-order valence-corrected chi connectivity index (χ1v) is 9.68. The van der Waals surface area contributed by atoms with Gasteiger partial charge in [-0.2, -0.15) is 0 Å². The van der Waals surface area contributed by atoms with E-state index in [-0.39, 0.29) is 18.9 Å². The molecule has 9 heteroatoms. The van der Waals surface area contributed by atoms with E-state index in [1.807, 2.05) is 6.92 Å². The van der Waals surface area contributed by atoms with E-state index in [4.69, 9.17) is 18.9 Å². The number of carbonyl (C=O) groups excluding carboxylic acids is 3. The molecule has 31 heavy (non-hydrogen) atoms. The molecule has 0 saturated carbocycles. The molecule has 0 radical (unpaired) electrons. The van der Waals surface area contributed by atoms with Crippen LogP contribution in [0.5, 0.6) is 17.2 Å². The number of amides is 2. The van der Waals surface area contributed by atoms with E-state index >= 15 is 0 Å². The lowest BCUT2D eigenvalue weighted by molar-refractivity contribution is -0.147. The molecule has 0 heterocycles. The SMILES string of the molecule is CCOc1ccc(OCCC(=O)OCC(=O)Nc2cc(NC(C)=O)ccc2OC)cc1. The Hall–Kier alpha value is -3.75. The van der Waals surface area contributed by atoms with Crippen LogP contribution in [0.1, 0.15) is 20.3 Å². The van der Waals surface area contributed by atoms with Crippen LogP contribution in [0.3, 0.4) is 0 Å². The highest BCUT2D eigenvalue weighted by molar-refractivity contribution is 5.96. The van der Waals surface area contributed by atoms with Gasteiger partial charge in [0, 0.05) is 12.6 Å². The topological polar surface area (TPSA) is 112 Å². The second-order valence-electron chi connectivity index (χ2n) is 6.31. The lowest BCUT2D eigenvalue weighted by atomic mass is 10.2. The molecule has 0 unspecified atom stereocenters. The molecule has 2 N–H and O–H groups in total. The summed E-state index contributed by atoms with van der Waals surface area (Å²) >= 11 is 0. The van der Waals surface area contributed by atoms with E-state index in [1.165, 1.54) is 14.0 Å². The van der Waals surface area contributed by atoms with Gasteiger partial charge in [-0.15, -0.1) is 0 Å². The minimum absolute atomic E-state index is 0.0121. The van der Waals surface area contributed by atoms with Crippen LogP contribution in [0.4, 0.5) is 11.4 Å². The van der Waals surface area contributed by atoms with Gasteiger partial charge < -0.3 is 29.6 Å². The number of rotatable bonds is 11. The minimum atomic E-state index is -0.569. The van der Waals surface area contributed by atoms with Crippen molar-refractivity contribution in [1.82, 2.24) is 0 Å². The third-order valence-corrected chi connectivity index (χ3v) is 3.87. The molecule has 9 nitrogen and oxygen atoms in total. The van der Waals surface area contributed by atoms with Crippen molar-refractivity contribution in [2.45, 2.75) is 20.3 Å². The second kappa shape index (κ2) is 12.1. The Morgan fingerprint density at radius 1 is 0.935 bits per heavy atom. The number of hydrogen-bond acceptors (Lipinski definition) is 7. The number of carbonyl (C=O) groups is 3. The fourth-order valence-electron chi connectivity index (χ4n) is 2.54. The molecule has 0 aliphatic carbocycles. The van der Waals surface area contributed by atoms with Crippen molar-refractivity contribution < 1.29 is 33.3 Å². The number of hydrogen-bond donors (Lipinski definition) is 2. The van der Waals surface area contributed by atoms with Gasteiger partial charge in [0.05, 0.1) is 32.4 Å². The molecule has 2 aromatic rings. The molecule has 166 valence electrons. The number of benzene rings is 2.